The molecule has 9 heteroatoms. The third-order valence-corrected chi connectivity index (χ3v) is 5.60. The Bertz CT molecular complexity index is 556. The topological polar surface area (TPSA) is 78.4 Å². The van der Waals surface area contributed by atoms with Crippen LogP contribution in [0.15, 0.2) is 4.99 Å². The van der Waals surface area contributed by atoms with Crippen molar-refractivity contribution in [2.75, 3.05) is 59.0 Å². The molecule has 0 aliphatic carbocycles. The van der Waals surface area contributed by atoms with Crippen LogP contribution in [0.1, 0.15) is 60.3 Å². The molecule has 2 aliphatic rings. The van der Waals surface area contributed by atoms with Crippen LogP contribution in [0.25, 0.3) is 0 Å². The van der Waals surface area contributed by atoms with Crippen molar-refractivity contribution in [2.24, 2.45) is 10.9 Å². The van der Waals surface area contributed by atoms with E-state index in [-0.39, 0.29) is 30.1 Å². The van der Waals surface area contributed by atoms with Gasteiger partial charge in [0.2, 0.25) is 0 Å². The Morgan fingerprint density at radius 2 is 1.91 bits per heavy atom. The zero-order chi connectivity index (χ0) is 22.7. The van der Waals surface area contributed by atoms with Gasteiger partial charge in [0, 0.05) is 51.9 Å². The summed E-state index contributed by atoms with van der Waals surface area (Å²) in [7, 11) is 0. The molecule has 1 atom stereocenters. The smallest absolute Gasteiger partial charge is 0.410 e. The molecule has 1 amide bonds. The van der Waals surface area contributed by atoms with E-state index in [1.54, 1.807) is 4.90 Å². The Kier molecular flexibility index (Phi) is 13.8. The quantitative estimate of drug-likeness (QED) is 0.253. The molecular formula is C23H46IN5O3. The van der Waals surface area contributed by atoms with Gasteiger partial charge in [-0.15, -0.1) is 24.0 Å². The second-order valence-corrected chi connectivity index (χ2v) is 9.68. The Hall–Kier alpha value is -0.810. The zero-order valence-corrected chi connectivity index (χ0v) is 23.2. The first kappa shape index (κ1) is 29.2. The van der Waals surface area contributed by atoms with E-state index in [1.165, 1.54) is 13.0 Å². The molecule has 0 aromatic rings. The minimum Gasteiger partial charge on any atom is -0.444 e. The van der Waals surface area contributed by atoms with Crippen molar-refractivity contribution in [3.8, 4) is 0 Å². The summed E-state index contributed by atoms with van der Waals surface area (Å²) in [4.78, 5) is 21.5. The number of rotatable bonds is 9. The number of carbonyl (C=O) groups is 1. The molecule has 2 N–H and O–H groups in total. The van der Waals surface area contributed by atoms with Crippen LogP contribution in [-0.2, 0) is 9.47 Å². The lowest BCUT2D eigenvalue weighted by Crippen LogP contribution is -2.49. The third-order valence-electron chi connectivity index (χ3n) is 5.60. The van der Waals surface area contributed by atoms with Crippen LogP contribution in [0.2, 0.25) is 0 Å². The molecule has 0 saturated carbocycles. The normalized spacial score (nSPS) is 20.5. The fraction of sp³-hybridized carbons (Fsp3) is 0.913. The Morgan fingerprint density at radius 3 is 2.47 bits per heavy atom. The van der Waals surface area contributed by atoms with Crippen LogP contribution in [-0.4, -0.2) is 92.5 Å². The van der Waals surface area contributed by atoms with Crippen LogP contribution in [0.5, 0.6) is 0 Å². The van der Waals surface area contributed by atoms with E-state index in [4.69, 9.17) is 14.5 Å². The second kappa shape index (κ2) is 15.2. The van der Waals surface area contributed by atoms with Gasteiger partial charge in [0.05, 0.1) is 13.2 Å². The van der Waals surface area contributed by atoms with Crippen LogP contribution in [0, 0.1) is 5.92 Å². The summed E-state index contributed by atoms with van der Waals surface area (Å²) < 4.78 is 11.0. The number of ether oxygens (including phenoxy) is 2. The molecule has 32 heavy (non-hydrogen) atoms. The van der Waals surface area contributed by atoms with E-state index in [9.17, 15) is 4.79 Å². The van der Waals surface area contributed by atoms with E-state index in [0.717, 1.165) is 58.1 Å². The molecule has 0 aromatic carbocycles. The van der Waals surface area contributed by atoms with Crippen molar-refractivity contribution in [2.45, 2.75) is 71.9 Å². The summed E-state index contributed by atoms with van der Waals surface area (Å²) in [6.07, 6.45) is 4.08. The molecule has 2 heterocycles. The number of carbonyl (C=O) groups excluding carboxylic acids is 1. The van der Waals surface area contributed by atoms with Gasteiger partial charge in [-0.2, -0.15) is 0 Å². The number of hydrogen-bond donors (Lipinski definition) is 2. The second-order valence-electron chi connectivity index (χ2n) is 9.68. The maximum atomic E-state index is 12.4. The minimum absolute atomic E-state index is 0. The standard InChI is InChI=1S/C23H45N5O3.HI/c1-6-12-28(22(29)31-23(3,4)5)15-11-25-21(24-7-2)26-20-8-13-27(14-9-20)17-19-10-16-30-18-19;/h19-20H,6-18H2,1-5H3,(H2,24,25,26);1H. The summed E-state index contributed by atoms with van der Waals surface area (Å²) in [5.74, 6) is 1.55. The highest BCUT2D eigenvalue weighted by atomic mass is 127. The summed E-state index contributed by atoms with van der Waals surface area (Å²) in [5.41, 5.74) is -0.484. The molecule has 8 nitrogen and oxygen atoms in total. The number of halogens is 1. The number of piperidine rings is 1. The number of guanidine groups is 1. The number of likely N-dealkylation sites (tertiary alicyclic amines) is 1. The summed E-state index contributed by atoms with van der Waals surface area (Å²) in [6, 6.07) is 0.437. The maximum Gasteiger partial charge on any atom is 0.410 e. The summed E-state index contributed by atoms with van der Waals surface area (Å²) >= 11 is 0. The summed E-state index contributed by atoms with van der Waals surface area (Å²) in [5, 5.41) is 6.94. The average molecular weight is 568 g/mol. The van der Waals surface area contributed by atoms with Crippen molar-refractivity contribution in [3.05, 3.63) is 0 Å². The van der Waals surface area contributed by atoms with Crippen LogP contribution < -0.4 is 10.6 Å². The van der Waals surface area contributed by atoms with E-state index < -0.39 is 5.60 Å². The van der Waals surface area contributed by atoms with Crippen molar-refractivity contribution < 1.29 is 14.3 Å². The van der Waals surface area contributed by atoms with E-state index in [0.29, 0.717) is 31.6 Å². The Morgan fingerprint density at radius 1 is 1.19 bits per heavy atom. The predicted octanol–water partition coefficient (Wildman–Crippen LogP) is 3.31. The Balaban J connectivity index is 0.00000512. The zero-order valence-electron chi connectivity index (χ0n) is 20.8. The lowest BCUT2D eigenvalue weighted by molar-refractivity contribution is 0.0256. The molecule has 2 rings (SSSR count). The molecule has 0 bridgehead atoms. The van der Waals surface area contributed by atoms with Gasteiger partial charge in [-0.25, -0.2) is 4.79 Å². The van der Waals surface area contributed by atoms with Crippen LogP contribution >= 0.6 is 24.0 Å². The third kappa shape index (κ3) is 11.4. The van der Waals surface area contributed by atoms with Gasteiger partial charge in [0.1, 0.15) is 5.60 Å². The monoisotopic (exact) mass is 567 g/mol. The molecule has 188 valence electrons. The largest absolute Gasteiger partial charge is 0.444 e. The van der Waals surface area contributed by atoms with E-state index >= 15 is 0 Å². The highest BCUT2D eigenvalue weighted by Gasteiger charge is 2.24. The molecule has 0 spiro atoms. The van der Waals surface area contributed by atoms with Crippen molar-refractivity contribution in [3.63, 3.8) is 0 Å². The van der Waals surface area contributed by atoms with Crippen LogP contribution in [0.4, 0.5) is 4.79 Å². The van der Waals surface area contributed by atoms with E-state index in [2.05, 4.69) is 29.4 Å². The lowest BCUT2D eigenvalue weighted by atomic mass is 10.0. The SMILES string of the molecule is CCCN(CCN=C(NCC)NC1CCN(CC2CCOC2)CC1)C(=O)OC(C)(C)C.I. The first-order valence-electron chi connectivity index (χ1n) is 12.1. The average Bonchev–Trinajstić information content (AvgIpc) is 3.20. The molecule has 0 aromatic heterocycles. The van der Waals surface area contributed by atoms with Gasteiger partial charge in [-0.05, 0) is 59.3 Å². The highest BCUT2D eigenvalue weighted by molar-refractivity contribution is 14.0. The van der Waals surface area contributed by atoms with Crippen molar-refractivity contribution in [1.29, 1.82) is 0 Å². The Labute approximate surface area is 212 Å². The van der Waals surface area contributed by atoms with Gasteiger partial charge >= 0.3 is 6.09 Å². The van der Waals surface area contributed by atoms with Gasteiger partial charge in [0.15, 0.2) is 5.96 Å². The fourth-order valence-corrected chi connectivity index (χ4v) is 4.04. The molecule has 2 fully saturated rings. The van der Waals surface area contributed by atoms with E-state index in [1.807, 2.05) is 20.8 Å². The van der Waals surface area contributed by atoms with Crippen LogP contribution in [0.3, 0.4) is 0 Å². The van der Waals surface area contributed by atoms with Gasteiger partial charge in [-0.3, -0.25) is 4.99 Å². The molecule has 2 aliphatic heterocycles. The first-order valence-corrected chi connectivity index (χ1v) is 12.1. The minimum atomic E-state index is -0.484. The fourth-order valence-electron chi connectivity index (χ4n) is 4.04. The molecule has 0 radical (unpaired) electrons. The number of nitrogens with one attached hydrogen (secondary N) is 2. The lowest BCUT2D eigenvalue weighted by Gasteiger charge is -2.34. The summed E-state index contributed by atoms with van der Waals surface area (Å²) in [6.45, 7) is 17.7. The molecule has 2 saturated heterocycles. The van der Waals surface area contributed by atoms with Crippen molar-refractivity contribution in [1.82, 2.24) is 20.4 Å². The predicted molar refractivity (Wildman–Crippen MR) is 141 cm³/mol. The number of nitrogens with zero attached hydrogens (tertiary/aromatic N) is 3. The number of hydrogen-bond acceptors (Lipinski definition) is 5. The van der Waals surface area contributed by atoms with Gasteiger partial charge in [-0.1, -0.05) is 6.92 Å². The molecule has 1 unspecified atom stereocenters. The van der Waals surface area contributed by atoms with Gasteiger partial charge < -0.3 is 29.9 Å². The van der Waals surface area contributed by atoms with Crippen molar-refractivity contribution >= 4 is 36.0 Å². The molecular weight excluding hydrogens is 521 g/mol. The highest BCUT2D eigenvalue weighted by Crippen LogP contribution is 2.17. The maximum absolute atomic E-state index is 12.4. The van der Waals surface area contributed by atoms with Gasteiger partial charge in [0.25, 0.3) is 0 Å². The number of amides is 1. The first-order chi connectivity index (χ1) is 14.8. The number of aliphatic imine (C=N–C) groups is 1.